The molecule has 60 heavy (non-hydrogen) atoms. The minimum atomic E-state index is -0.995. The average molecular weight is 855 g/mol. The van der Waals surface area contributed by atoms with Crippen molar-refractivity contribution in [3.8, 4) is 11.8 Å². The van der Waals surface area contributed by atoms with Gasteiger partial charge in [-0.15, -0.1) is 11.6 Å². The molecule has 15 heteroatoms. The third-order valence-electron chi connectivity index (χ3n) is 13.3. The predicted octanol–water partition coefficient (Wildman–Crippen LogP) is 5.62. The first-order valence-corrected chi connectivity index (χ1v) is 21.3. The molecule has 1 unspecified atom stereocenters. The van der Waals surface area contributed by atoms with Crippen LogP contribution in [0.4, 0.5) is 11.4 Å². The first-order valence-electron chi connectivity index (χ1n) is 20.5. The van der Waals surface area contributed by atoms with E-state index < -0.39 is 34.5 Å². The number of nitrogens with one attached hydrogen (secondary N) is 2. The fourth-order valence-electron chi connectivity index (χ4n) is 10.2. The Balaban J connectivity index is 0.804. The van der Waals surface area contributed by atoms with E-state index in [1.807, 2.05) is 30.3 Å². The van der Waals surface area contributed by atoms with Crippen molar-refractivity contribution in [2.75, 3.05) is 55.6 Å². The molecule has 5 amide bonds. The van der Waals surface area contributed by atoms with Gasteiger partial charge in [0.05, 0.1) is 26.6 Å². The highest BCUT2D eigenvalue weighted by Gasteiger charge is 2.64. The van der Waals surface area contributed by atoms with Gasteiger partial charge in [0.25, 0.3) is 17.7 Å². The van der Waals surface area contributed by atoms with Gasteiger partial charge in [-0.1, -0.05) is 39.3 Å². The van der Waals surface area contributed by atoms with Crippen molar-refractivity contribution in [3.05, 3.63) is 87.9 Å². The van der Waals surface area contributed by atoms with E-state index in [1.165, 1.54) is 0 Å². The van der Waals surface area contributed by atoms with Gasteiger partial charge in [-0.2, -0.15) is 5.26 Å². The van der Waals surface area contributed by atoms with E-state index >= 15 is 0 Å². The summed E-state index contributed by atoms with van der Waals surface area (Å²) in [5, 5.41) is 15.1. The molecule has 4 heterocycles. The van der Waals surface area contributed by atoms with Gasteiger partial charge in [-0.3, -0.25) is 39.1 Å². The van der Waals surface area contributed by atoms with E-state index in [9.17, 15) is 29.2 Å². The lowest BCUT2D eigenvalue weighted by molar-refractivity contribution is -0.164. The summed E-state index contributed by atoms with van der Waals surface area (Å²) in [6.45, 7) is 13.9. The molecule has 0 bridgehead atoms. The number of ether oxygens (including phenoxy) is 1. The summed E-state index contributed by atoms with van der Waals surface area (Å²) in [4.78, 5) is 71.7. The van der Waals surface area contributed by atoms with E-state index in [2.05, 4.69) is 59.1 Å². The van der Waals surface area contributed by atoms with Crippen LogP contribution in [0.25, 0.3) is 0 Å². The van der Waals surface area contributed by atoms with E-state index in [-0.39, 0.29) is 52.9 Å². The van der Waals surface area contributed by atoms with Gasteiger partial charge < -0.3 is 19.9 Å². The van der Waals surface area contributed by atoms with Crippen LogP contribution in [-0.2, 0) is 9.59 Å². The Labute approximate surface area is 359 Å². The summed E-state index contributed by atoms with van der Waals surface area (Å²) in [6.07, 6.45) is 1.50. The molecular weight excluding hydrogens is 805 g/mol. The van der Waals surface area contributed by atoms with Crippen molar-refractivity contribution >= 4 is 64.1 Å². The van der Waals surface area contributed by atoms with Crippen LogP contribution < -0.4 is 25.2 Å². The van der Waals surface area contributed by atoms with Gasteiger partial charge in [0.1, 0.15) is 24.0 Å². The van der Waals surface area contributed by atoms with Crippen molar-refractivity contribution in [3.63, 3.8) is 0 Å². The number of carbonyl (C=O) groups is 5. The fraction of sp³-hybridized carbons (Fsp3) is 0.467. The standard InChI is InChI=1S/C45H49Cl2N7O6/c1-43(2)41(44(3,4)42(43)60-31-11-7-28(25-48)34(46)24-31)50-37(56)27-5-8-29(9-6-27)53-21-19-51(20-22-53)26-45(47)15-17-52(18-16-45)30-10-12-32-33(23-30)40(59)54(39(32)58)35-13-14-36(55)49-38(35)57/h5-12,23-24,35,41-42H,13-22,26H2,1-4H3,(H,50,56)(H,49,55,57). The Morgan fingerprint density at radius 3 is 2.12 bits per heavy atom. The molecule has 1 atom stereocenters. The van der Waals surface area contributed by atoms with Crippen LogP contribution >= 0.6 is 23.2 Å². The molecule has 5 aliphatic rings. The van der Waals surface area contributed by atoms with Crippen LogP contribution in [-0.4, -0.2) is 108 Å². The van der Waals surface area contributed by atoms with Gasteiger partial charge in [0.2, 0.25) is 11.8 Å². The van der Waals surface area contributed by atoms with Crippen LogP contribution in [0.1, 0.15) is 90.0 Å². The van der Waals surface area contributed by atoms with Gasteiger partial charge in [-0.25, -0.2) is 0 Å². The van der Waals surface area contributed by atoms with Gasteiger partial charge in [0, 0.05) is 92.1 Å². The van der Waals surface area contributed by atoms with Gasteiger partial charge >= 0.3 is 0 Å². The smallest absolute Gasteiger partial charge is 0.262 e. The number of benzene rings is 3. The molecule has 4 aliphatic heterocycles. The number of fused-ring (bicyclic) bond motifs is 1. The normalized spacial score (nSPS) is 24.6. The third kappa shape index (κ3) is 7.58. The Morgan fingerprint density at radius 1 is 0.850 bits per heavy atom. The van der Waals surface area contributed by atoms with Crippen molar-refractivity contribution < 1.29 is 28.7 Å². The molecule has 0 spiro atoms. The number of nitriles is 1. The summed E-state index contributed by atoms with van der Waals surface area (Å²) in [7, 11) is 0. The number of piperidine rings is 2. The van der Waals surface area contributed by atoms with E-state index in [0.717, 1.165) is 61.8 Å². The lowest BCUT2D eigenvalue weighted by atomic mass is 9.49. The fourth-order valence-corrected chi connectivity index (χ4v) is 10.7. The molecule has 1 aliphatic carbocycles. The number of amides is 5. The number of halogens is 2. The van der Waals surface area contributed by atoms with Crippen LogP contribution in [0.5, 0.6) is 5.75 Å². The number of imide groups is 2. The highest BCUT2D eigenvalue weighted by atomic mass is 35.5. The summed E-state index contributed by atoms with van der Waals surface area (Å²) >= 11 is 13.5. The second kappa shape index (κ2) is 15.7. The number of carbonyl (C=O) groups excluding carboxylic acids is 5. The molecule has 13 nitrogen and oxygen atoms in total. The first-order chi connectivity index (χ1) is 28.5. The maximum absolute atomic E-state index is 13.5. The molecule has 3 aromatic rings. The second-order valence-electron chi connectivity index (χ2n) is 17.9. The molecule has 314 valence electrons. The van der Waals surface area contributed by atoms with Crippen LogP contribution in [0.3, 0.4) is 0 Å². The summed E-state index contributed by atoms with van der Waals surface area (Å²) < 4.78 is 6.38. The predicted molar refractivity (Wildman–Crippen MR) is 228 cm³/mol. The Morgan fingerprint density at radius 2 is 1.48 bits per heavy atom. The number of anilines is 2. The van der Waals surface area contributed by atoms with Crippen molar-refractivity contribution in [1.82, 2.24) is 20.4 Å². The average Bonchev–Trinajstić information content (AvgIpc) is 3.47. The number of hydrogen-bond donors (Lipinski definition) is 2. The molecule has 3 aromatic carbocycles. The number of hydrogen-bond acceptors (Lipinski definition) is 10. The minimum absolute atomic E-state index is 0.0765. The maximum Gasteiger partial charge on any atom is 0.262 e. The van der Waals surface area contributed by atoms with Crippen molar-refractivity contribution in [1.29, 1.82) is 5.26 Å². The molecule has 0 aromatic heterocycles. The quantitative estimate of drug-likeness (QED) is 0.205. The van der Waals surface area contributed by atoms with Crippen LogP contribution in [0.15, 0.2) is 60.7 Å². The number of alkyl halides is 1. The third-order valence-corrected chi connectivity index (χ3v) is 14.1. The number of nitrogens with zero attached hydrogens (tertiary/aromatic N) is 5. The molecule has 4 fully saturated rings. The van der Waals surface area contributed by atoms with Crippen molar-refractivity contribution in [2.24, 2.45) is 10.8 Å². The zero-order chi connectivity index (χ0) is 42.7. The summed E-state index contributed by atoms with van der Waals surface area (Å²) in [6, 6.07) is 19.0. The zero-order valence-electron chi connectivity index (χ0n) is 34.2. The largest absolute Gasteiger partial charge is 0.489 e. The highest BCUT2D eigenvalue weighted by molar-refractivity contribution is 6.31. The zero-order valence-corrected chi connectivity index (χ0v) is 35.7. The number of rotatable bonds is 9. The minimum Gasteiger partial charge on any atom is -0.489 e. The maximum atomic E-state index is 13.5. The Hall–Kier alpha value is -5.16. The molecule has 1 saturated carbocycles. The summed E-state index contributed by atoms with van der Waals surface area (Å²) in [5.41, 5.74) is 2.69. The Bertz CT molecular complexity index is 2280. The van der Waals surface area contributed by atoms with Crippen molar-refractivity contribution in [2.45, 2.75) is 76.4 Å². The monoisotopic (exact) mass is 853 g/mol. The molecule has 0 radical (unpaired) electrons. The lowest BCUT2D eigenvalue weighted by Crippen LogP contribution is -2.74. The molecule has 3 saturated heterocycles. The van der Waals surface area contributed by atoms with Gasteiger partial charge in [0.15, 0.2) is 0 Å². The van der Waals surface area contributed by atoms with E-state index in [0.29, 0.717) is 35.0 Å². The molecule has 2 N–H and O–H groups in total. The van der Waals surface area contributed by atoms with E-state index in [1.54, 1.807) is 30.3 Å². The first kappa shape index (κ1) is 41.6. The second-order valence-corrected chi connectivity index (χ2v) is 19.1. The Kier molecular flexibility index (Phi) is 10.9. The van der Waals surface area contributed by atoms with Crippen LogP contribution in [0.2, 0.25) is 5.02 Å². The molecular formula is C45H49Cl2N7O6. The highest BCUT2D eigenvalue weighted by Crippen LogP contribution is 2.55. The SMILES string of the molecule is CC1(C)C(NC(=O)c2ccc(N3CCN(CC4(Cl)CCN(c5ccc6c(c5)C(=O)N(C5CCC(=O)NC5=O)C6=O)CC4)CC3)cc2)C(C)(C)C1Oc1ccc(C#N)c(Cl)c1. The number of piperazine rings is 1. The topological polar surface area (TPSA) is 155 Å². The van der Waals surface area contributed by atoms with Gasteiger partial charge in [-0.05, 0) is 73.9 Å². The molecule has 8 rings (SSSR count). The summed E-state index contributed by atoms with van der Waals surface area (Å²) in [5.74, 6) is -1.59. The lowest BCUT2D eigenvalue weighted by Gasteiger charge is -2.63. The van der Waals surface area contributed by atoms with E-state index in [4.69, 9.17) is 27.9 Å². The van der Waals surface area contributed by atoms with Crippen LogP contribution in [0, 0.1) is 22.2 Å².